The Bertz CT molecular complexity index is 367. The van der Waals surface area contributed by atoms with Crippen molar-refractivity contribution in [3.8, 4) is 0 Å². The zero-order valence-electron chi connectivity index (χ0n) is 10.7. The summed E-state index contributed by atoms with van der Waals surface area (Å²) < 4.78 is 2.41. The molecule has 17 heavy (non-hydrogen) atoms. The molecule has 2 unspecified atom stereocenters. The van der Waals surface area contributed by atoms with Gasteiger partial charge < -0.3 is 9.88 Å². The van der Waals surface area contributed by atoms with Crippen LogP contribution < -0.4 is 5.32 Å². The predicted octanol–water partition coefficient (Wildman–Crippen LogP) is 3.60. The van der Waals surface area contributed by atoms with Gasteiger partial charge in [0.05, 0.1) is 0 Å². The van der Waals surface area contributed by atoms with Gasteiger partial charge in [-0.1, -0.05) is 26.2 Å². The molecule has 0 aromatic carbocycles. The third kappa shape index (κ3) is 2.33. The third-order valence-corrected chi connectivity index (χ3v) is 4.33. The van der Waals surface area contributed by atoms with E-state index in [0.717, 1.165) is 11.9 Å². The molecule has 0 aliphatic heterocycles. The second kappa shape index (κ2) is 4.71. The van der Waals surface area contributed by atoms with Crippen molar-refractivity contribution >= 4 is 5.95 Å². The van der Waals surface area contributed by atoms with E-state index >= 15 is 0 Å². The number of hydrogen-bond donors (Lipinski definition) is 1. The third-order valence-electron chi connectivity index (χ3n) is 4.33. The summed E-state index contributed by atoms with van der Waals surface area (Å²) in [5.41, 5.74) is 0. The summed E-state index contributed by atoms with van der Waals surface area (Å²) in [6, 6.07) is 1.37. The molecule has 2 saturated carbocycles. The standard InChI is InChI=1S/C14H23N3/c1-2-11-5-3-4-6-13(11)17-10-9-15-14(17)16-12-7-8-12/h9-13H,2-8H2,1H3,(H,15,16). The minimum atomic E-state index is 0.678. The monoisotopic (exact) mass is 233 g/mol. The summed E-state index contributed by atoms with van der Waals surface area (Å²) in [6.07, 6.45) is 13.6. The van der Waals surface area contributed by atoms with Crippen LogP contribution >= 0.6 is 0 Å². The molecule has 2 aliphatic rings. The number of rotatable bonds is 4. The second-order valence-corrected chi connectivity index (χ2v) is 5.60. The summed E-state index contributed by atoms with van der Waals surface area (Å²) in [5.74, 6) is 1.95. The van der Waals surface area contributed by atoms with Gasteiger partial charge in [-0.15, -0.1) is 0 Å². The molecule has 0 bridgehead atoms. The average Bonchev–Trinajstić information content (AvgIpc) is 3.06. The SMILES string of the molecule is CCC1CCCCC1n1ccnc1NC1CC1. The molecule has 94 valence electrons. The van der Waals surface area contributed by atoms with Crippen LogP contribution in [0.4, 0.5) is 5.95 Å². The molecule has 3 rings (SSSR count). The van der Waals surface area contributed by atoms with Crippen LogP contribution in [0, 0.1) is 5.92 Å². The van der Waals surface area contributed by atoms with Crippen molar-refractivity contribution < 1.29 is 0 Å². The van der Waals surface area contributed by atoms with Crippen LogP contribution in [0.1, 0.15) is 57.9 Å². The lowest BCUT2D eigenvalue weighted by atomic mass is 9.83. The highest BCUT2D eigenvalue weighted by Gasteiger charge is 2.28. The highest BCUT2D eigenvalue weighted by atomic mass is 15.2. The van der Waals surface area contributed by atoms with E-state index in [1.807, 2.05) is 6.20 Å². The molecule has 3 nitrogen and oxygen atoms in total. The molecule has 3 heteroatoms. The van der Waals surface area contributed by atoms with Gasteiger partial charge in [-0.3, -0.25) is 0 Å². The minimum Gasteiger partial charge on any atom is -0.353 e. The number of nitrogens with zero attached hydrogens (tertiary/aromatic N) is 2. The Morgan fingerprint density at radius 1 is 1.29 bits per heavy atom. The van der Waals surface area contributed by atoms with Crippen LogP contribution in [-0.2, 0) is 0 Å². The van der Waals surface area contributed by atoms with Gasteiger partial charge in [0.1, 0.15) is 0 Å². The molecule has 0 amide bonds. The Kier molecular flexibility index (Phi) is 3.08. The number of imidazole rings is 1. The minimum absolute atomic E-state index is 0.678. The first-order chi connectivity index (χ1) is 8.38. The quantitative estimate of drug-likeness (QED) is 0.861. The summed E-state index contributed by atoms with van der Waals surface area (Å²) >= 11 is 0. The first kappa shape index (κ1) is 11.1. The Balaban J connectivity index is 1.78. The van der Waals surface area contributed by atoms with Gasteiger partial charge in [-0.2, -0.15) is 0 Å². The van der Waals surface area contributed by atoms with Crippen LogP contribution in [0.3, 0.4) is 0 Å². The molecular formula is C14H23N3. The van der Waals surface area contributed by atoms with Gasteiger partial charge in [0.25, 0.3) is 0 Å². The first-order valence-electron chi connectivity index (χ1n) is 7.18. The van der Waals surface area contributed by atoms with Gasteiger partial charge in [0.2, 0.25) is 5.95 Å². The van der Waals surface area contributed by atoms with Gasteiger partial charge in [0, 0.05) is 24.5 Å². The number of aromatic nitrogens is 2. The van der Waals surface area contributed by atoms with Gasteiger partial charge >= 0.3 is 0 Å². The van der Waals surface area contributed by atoms with Crippen molar-refractivity contribution in [2.45, 2.75) is 64.0 Å². The molecule has 2 aliphatic carbocycles. The maximum absolute atomic E-state index is 4.49. The van der Waals surface area contributed by atoms with Gasteiger partial charge in [-0.05, 0) is 31.6 Å². The molecule has 0 saturated heterocycles. The molecule has 1 aromatic rings. The Labute approximate surface area is 104 Å². The molecule has 0 radical (unpaired) electrons. The largest absolute Gasteiger partial charge is 0.353 e. The van der Waals surface area contributed by atoms with Crippen LogP contribution in [-0.4, -0.2) is 15.6 Å². The summed E-state index contributed by atoms with van der Waals surface area (Å²) in [4.78, 5) is 4.49. The van der Waals surface area contributed by atoms with Crippen LogP contribution in [0.25, 0.3) is 0 Å². The second-order valence-electron chi connectivity index (χ2n) is 5.60. The highest BCUT2D eigenvalue weighted by molar-refractivity contribution is 5.30. The fourth-order valence-corrected chi connectivity index (χ4v) is 3.13. The predicted molar refractivity (Wildman–Crippen MR) is 70.2 cm³/mol. The van der Waals surface area contributed by atoms with E-state index in [4.69, 9.17) is 0 Å². The van der Waals surface area contributed by atoms with Crippen molar-refractivity contribution in [1.29, 1.82) is 0 Å². The lowest BCUT2D eigenvalue weighted by Gasteiger charge is -2.32. The fourth-order valence-electron chi connectivity index (χ4n) is 3.13. The number of hydrogen-bond acceptors (Lipinski definition) is 2. The average molecular weight is 233 g/mol. The van der Waals surface area contributed by atoms with Gasteiger partial charge in [-0.25, -0.2) is 4.98 Å². The molecule has 1 heterocycles. The van der Waals surface area contributed by atoms with E-state index in [1.165, 1.54) is 44.9 Å². The topological polar surface area (TPSA) is 29.9 Å². The maximum Gasteiger partial charge on any atom is 0.203 e. The molecule has 0 spiro atoms. The lowest BCUT2D eigenvalue weighted by Crippen LogP contribution is -2.24. The number of anilines is 1. The zero-order chi connectivity index (χ0) is 11.7. The lowest BCUT2D eigenvalue weighted by molar-refractivity contribution is 0.234. The van der Waals surface area contributed by atoms with Crippen LogP contribution in [0.2, 0.25) is 0 Å². The fraction of sp³-hybridized carbons (Fsp3) is 0.786. The van der Waals surface area contributed by atoms with Gasteiger partial charge in [0.15, 0.2) is 0 Å². The van der Waals surface area contributed by atoms with E-state index in [0.29, 0.717) is 12.1 Å². The number of nitrogens with one attached hydrogen (secondary N) is 1. The summed E-state index contributed by atoms with van der Waals surface area (Å²) in [6.45, 7) is 2.33. The molecular weight excluding hydrogens is 210 g/mol. The van der Waals surface area contributed by atoms with Crippen molar-refractivity contribution in [3.63, 3.8) is 0 Å². The molecule has 1 N–H and O–H groups in total. The van der Waals surface area contributed by atoms with E-state index < -0.39 is 0 Å². The molecule has 2 atom stereocenters. The van der Waals surface area contributed by atoms with Crippen molar-refractivity contribution in [3.05, 3.63) is 12.4 Å². The van der Waals surface area contributed by atoms with E-state index in [-0.39, 0.29) is 0 Å². The normalized spacial score (nSPS) is 29.2. The van der Waals surface area contributed by atoms with E-state index in [9.17, 15) is 0 Å². The maximum atomic E-state index is 4.49. The van der Waals surface area contributed by atoms with Crippen molar-refractivity contribution in [2.75, 3.05) is 5.32 Å². The Morgan fingerprint density at radius 3 is 2.88 bits per heavy atom. The Morgan fingerprint density at radius 2 is 2.12 bits per heavy atom. The van der Waals surface area contributed by atoms with Crippen molar-refractivity contribution in [1.82, 2.24) is 9.55 Å². The van der Waals surface area contributed by atoms with Crippen molar-refractivity contribution in [2.24, 2.45) is 5.92 Å². The summed E-state index contributed by atoms with van der Waals surface area (Å²) in [7, 11) is 0. The smallest absolute Gasteiger partial charge is 0.203 e. The Hall–Kier alpha value is -0.990. The van der Waals surface area contributed by atoms with E-state index in [1.54, 1.807) is 0 Å². The van der Waals surface area contributed by atoms with E-state index in [2.05, 4.69) is 28.0 Å². The van der Waals surface area contributed by atoms with Crippen LogP contribution in [0.15, 0.2) is 12.4 Å². The summed E-state index contributed by atoms with van der Waals surface area (Å²) in [5, 5.41) is 3.56. The molecule has 1 aromatic heterocycles. The zero-order valence-corrected chi connectivity index (χ0v) is 10.7. The highest BCUT2D eigenvalue weighted by Crippen LogP contribution is 2.37. The van der Waals surface area contributed by atoms with Crippen LogP contribution in [0.5, 0.6) is 0 Å². The first-order valence-corrected chi connectivity index (χ1v) is 7.18. The molecule has 2 fully saturated rings.